The van der Waals surface area contributed by atoms with Crippen molar-refractivity contribution in [2.75, 3.05) is 76.3 Å². The van der Waals surface area contributed by atoms with Gasteiger partial charge in [0.15, 0.2) is 5.82 Å². The first kappa shape index (κ1) is 32.0. The Morgan fingerprint density at radius 3 is 2.64 bits per heavy atom. The van der Waals surface area contributed by atoms with Crippen LogP contribution in [0, 0.1) is 11.3 Å². The lowest BCUT2D eigenvalue weighted by Gasteiger charge is -2.43. The monoisotopic (exact) mass is 643 g/mol. The number of alkyl halides is 1. The number of amides is 1. The summed E-state index contributed by atoms with van der Waals surface area (Å²) in [5.74, 6) is 1.45. The molecule has 3 fully saturated rings. The molecule has 6 rings (SSSR count). The van der Waals surface area contributed by atoms with E-state index in [1.165, 1.54) is 12.0 Å². The third-order valence-corrected chi connectivity index (χ3v) is 8.56. The molecule has 246 valence electrons. The Labute approximate surface area is 272 Å². The van der Waals surface area contributed by atoms with Crippen LogP contribution in [0.15, 0.2) is 53.9 Å². The van der Waals surface area contributed by atoms with Crippen LogP contribution in [0.3, 0.4) is 0 Å². The minimum atomic E-state index is -1.30. The zero-order valence-corrected chi connectivity index (χ0v) is 26.2. The molecule has 0 radical (unpaired) electrons. The summed E-state index contributed by atoms with van der Waals surface area (Å²) in [7, 11) is 1.62. The van der Waals surface area contributed by atoms with E-state index in [9.17, 15) is 10.1 Å². The molecule has 2 atom stereocenters. The number of anilines is 3. The molecule has 15 heteroatoms. The van der Waals surface area contributed by atoms with E-state index >= 15 is 4.39 Å². The van der Waals surface area contributed by atoms with Gasteiger partial charge in [0, 0.05) is 63.3 Å². The smallest absolute Gasteiger partial charge is 0.230 e. The second-order valence-corrected chi connectivity index (χ2v) is 11.6. The Morgan fingerprint density at radius 1 is 1.15 bits per heavy atom. The first-order valence-corrected chi connectivity index (χ1v) is 15.7. The maximum absolute atomic E-state index is 15.1. The number of aromatic nitrogens is 3. The Hall–Kier alpha value is -4.91. The number of rotatable bonds is 11. The second kappa shape index (κ2) is 15.1. The number of benzene rings is 2. The maximum Gasteiger partial charge on any atom is 0.230 e. The van der Waals surface area contributed by atoms with Gasteiger partial charge < -0.3 is 30.4 Å². The number of piperidine rings is 1. The SMILES string of the molecule is CN/N=C(/CN1CC[C@H](Oc2ccc(-c3ncnc(Nc4ccc(N5CCN(C6COC6)CC5)cc4)n3)cc2C#N)[C@H](F)C1)NC=O. The molecule has 0 spiro atoms. The van der Waals surface area contributed by atoms with Crippen molar-refractivity contribution >= 4 is 29.6 Å². The Balaban J connectivity index is 1.05. The largest absolute Gasteiger partial charge is 0.486 e. The Morgan fingerprint density at radius 2 is 1.96 bits per heavy atom. The summed E-state index contributed by atoms with van der Waals surface area (Å²) in [4.78, 5) is 30.7. The molecular weight excluding hydrogens is 605 g/mol. The van der Waals surface area contributed by atoms with E-state index in [1.807, 2.05) is 17.0 Å². The van der Waals surface area contributed by atoms with E-state index in [0.29, 0.717) is 54.3 Å². The van der Waals surface area contributed by atoms with E-state index in [1.54, 1.807) is 25.2 Å². The van der Waals surface area contributed by atoms with Crippen LogP contribution in [0.4, 0.5) is 21.7 Å². The Bertz CT molecular complexity index is 1590. The first-order valence-electron chi connectivity index (χ1n) is 15.7. The van der Waals surface area contributed by atoms with Gasteiger partial charge in [-0.05, 0) is 48.9 Å². The minimum absolute atomic E-state index is 0.102. The van der Waals surface area contributed by atoms with Crippen molar-refractivity contribution in [3.8, 4) is 23.2 Å². The fourth-order valence-electron chi connectivity index (χ4n) is 5.93. The van der Waals surface area contributed by atoms with Gasteiger partial charge in [-0.15, -0.1) is 0 Å². The molecule has 0 aliphatic carbocycles. The lowest BCUT2D eigenvalue weighted by atomic mass is 10.0. The third kappa shape index (κ3) is 7.91. The van der Waals surface area contributed by atoms with Gasteiger partial charge in [0.2, 0.25) is 12.4 Å². The molecule has 3 N–H and O–H groups in total. The summed E-state index contributed by atoms with van der Waals surface area (Å²) >= 11 is 0. The highest BCUT2D eigenvalue weighted by molar-refractivity contribution is 5.91. The van der Waals surface area contributed by atoms with Crippen molar-refractivity contribution in [3.05, 3.63) is 54.4 Å². The first-order chi connectivity index (χ1) is 23.0. The van der Waals surface area contributed by atoms with Crippen molar-refractivity contribution in [2.24, 2.45) is 5.10 Å². The molecule has 4 heterocycles. The molecule has 0 saturated carbocycles. The number of amidine groups is 1. The van der Waals surface area contributed by atoms with Gasteiger partial charge in [0.1, 0.15) is 36.3 Å². The molecule has 3 saturated heterocycles. The van der Waals surface area contributed by atoms with Crippen LogP contribution in [0.1, 0.15) is 12.0 Å². The van der Waals surface area contributed by atoms with Crippen molar-refractivity contribution in [2.45, 2.75) is 24.7 Å². The summed E-state index contributed by atoms with van der Waals surface area (Å²) in [5.41, 5.74) is 5.50. The number of nitrogens with zero attached hydrogens (tertiary/aromatic N) is 8. The molecular formula is C32H38FN11O3. The molecule has 3 aliphatic rings. The maximum atomic E-state index is 15.1. The lowest BCUT2D eigenvalue weighted by Crippen LogP contribution is -2.56. The van der Waals surface area contributed by atoms with Crippen LogP contribution in [0.2, 0.25) is 0 Å². The van der Waals surface area contributed by atoms with E-state index in [-0.39, 0.29) is 18.7 Å². The predicted molar refractivity (Wildman–Crippen MR) is 174 cm³/mol. The summed E-state index contributed by atoms with van der Waals surface area (Å²) in [5, 5.41) is 19.6. The van der Waals surface area contributed by atoms with Crippen LogP contribution in [0.5, 0.6) is 5.75 Å². The molecule has 1 amide bonds. The fraction of sp³-hybridized carbons (Fsp3) is 0.438. The number of halogens is 1. The van der Waals surface area contributed by atoms with E-state index in [4.69, 9.17) is 9.47 Å². The van der Waals surface area contributed by atoms with Crippen LogP contribution < -0.4 is 25.7 Å². The average molecular weight is 644 g/mol. The number of nitrogens with one attached hydrogen (secondary N) is 3. The zero-order chi connectivity index (χ0) is 32.6. The quantitative estimate of drug-likeness (QED) is 0.121. The van der Waals surface area contributed by atoms with Gasteiger partial charge in [-0.1, -0.05) is 0 Å². The molecule has 3 aliphatic heterocycles. The minimum Gasteiger partial charge on any atom is -0.486 e. The normalized spacial score (nSPS) is 21.0. The third-order valence-electron chi connectivity index (χ3n) is 8.56. The number of piperazine rings is 1. The molecule has 14 nitrogen and oxygen atoms in total. The van der Waals surface area contributed by atoms with Gasteiger partial charge in [0.05, 0.1) is 31.4 Å². The van der Waals surface area contributed by atoms with Crippen molar-refractivity contribution in [1.29, 1.82) is 5.26 Å². The number of ether oxygens (including phenoxy) is 2. The molecule has 0 bridgehead atoms. The highest BCUT2D eigenvalue weighted by Crippen LogP contribution is 2.29. The summed E-state index contributed by atoms with van der Waals surface area (Å²) in [6.07, 6.45) is 0.332. The number of hydrazone groups is 1. The van der Waals surface area contributed by atoms with Gasteiger partial charge in [-0.25, -0.2) is 14.4 Å². The molecule has 0 unspecified atom stereocenters. The zero-order valence-electron chi connectivity index (χ0n) is 26.2. The summed E-state index contributed by atoms with van der Waals surface area (Å²) < 4.78 is 26.5. The number of carbonyl (C=O) groups is 1. The second-order valence-electron chi connectivity index (χ2n) is 11.6. The van der Waals surface area contributed by atoms with Crippen LogP contribution in [0.25, 0.3) is 11.4 Å². The van der Waals surface area contributed by atoms with E-state index in [0.717, 1.165) is 45.1 Å². The molecule has 47 heavy (non-hydrogen) atoms. The highest BCUT2D eigenvalue weighted by Gasteiger charge is 2.32. The van der Waals surface area contributed by atoms with Crippen molar-refractivity contribution in [1.82, 2.24) is 35.5 Å². The molecule has 1 aromatic heterocycles. The average Bonchev–Trinajstić information content (AvgIpc) is 3.06. The van der Waals surface area contributed by atoms with Gasteiger partial charge >= 0.3 is 0 Å². The highest BCUT2D eigenvalue weighted by atomic mass is 19.1. The summed E-state index contributed by atoms with van der Waals surface area (Å²) in [6, 6.07) is 15.9. The van der Waals surface area contributed by atoms with Gasteiger partial charge in [0.25, 0.3) is 0 Å². The number of likely N-dealkylation sites (tertiary alicyclic amines) is 1. The molecule has 3 aromatic rings. The van der Waals surface area contributed by atoms with Crippen molar-refractivity contribution < 1.29 is 18.7 Å². The van der Waals surface area contributed by atoms with Gasteiger partial charge in [-0.3, -0.25) is 14.6 Å². The van der Waals surface area contributed by atoms with Crippen LogP contribution >= 0.6 is 0 Å². The van der Waals surface area contributed by atoms with Gasteiger partial charge in [-0.2, -0.15) is 15.3 Å². The topological polar surface area (TPSA) is 156 Å². The van der Waals surface area contributed by atoms with Crippen LogP contribution in [-0.2, 0) is 9.53 Å². The number of hydrogen-bond donors (Lipinski definition) is 3. The number of carbonyl (C=O) groups excluding carboxylic acids is 1. The lowest BCUT2D eigenvalue weighted by molar-refractivity contribution is -0.108. The standard InChI is InChI=1S/C32H38FN11O3/c1-35-41-30(38-21-45)17-42-9-8-29(27(33)16-42)47-28-7-2-22(14-23(28)15-34)31-36-20-37-32(40-31)39-24-3-5-25(6-4-24)43-10-12-44(13-11-43)26-18-46-19-26/h2-7,14,20-21,26-27,29,35H,8-13,16-19H2,1H3,(H,38,41,45)(H,36,37,39,40)/t27-,29+/m1/s1. The van der Waals surface area contributed by atoms with Crippen molar-refractivity contribution in [3.63, 3.8) is 0 Å². The van der Waals surface area contributed by atoms with E-state index in [2.05, 4.69) is 64.1 Å². The fourth-order valence-corrected chi connectivity index (χ4v) is 5.93. The van der Waals surface area contributed by atoms with E-state index < -0.39 is 12.3 Å². The Kier molecular flexibility index (Phi) is 10.3. The number of nitriles is 1. The number of hydrogen-bond acceptors (Lipinski definition) is 13. The summed E-state index contributed by atoms with van der Waals surface area (Å²) in [6.45, 7) is 6.65. The van der Waals surface area contributed by atoms with Crippen LogP contribution in [-0.4, -0.2) is 121 Å². The predicted octanol–water partition coefficient (Wildman–Crippen LogP) is 1.74. The molecule has 2 aromatic carbocycles.